The van der Waals surface area contributed by atoms with Gasteiger partial charge in [-0.25, -0.2) is 19.9 Å². The van der Waals surface area contributed by atoms with Gasteiger partial charge in [0.05, 0.1) is 5.54 Å². The third-order valence-electron chi connectivity index (χ3n) is 2.17. The molecule has 0 atom stereocenters. The Morgan fingerprint density at radius 1 is 1.26 bits per heavy atom. The molecule has 0 unspecified atom stereocenters. The lowest BCUT2D eigenvalue weighted by molar-refractivity contribution is 0.581. The SMILES string of the molecule is CC(C)(C)N=C(N)N(c1ccccn1)c1nccs1. The zero-order chi connectivity index (χ0) is 13.9. The van der Waals surface area contributed by atoms with Crippen LogP contribution in [0.1, 0.15) is 20.8 Å². The Bertz CT molecular complexity index is 542. The molecule has 2 aromatic heterocycles. The Balaban J connectivity index is 2.45. The van der Waals surface area contributed by atoms with Gasteiger partial charge in [-0.15, -0.1) is 11.3 Å². The van der Waals surface area contributed by atoms with Crippen molar-refractivity contribution in [3.8, 4) is 0 Å². The summed E-state index contributed by atoms with van der Waals surface area (Å²) in [7, 11) is 0. The van der Waals surface area contributed by atoms with Gasteiger partial charge in [-0.3, -0.25) is 0 Å². The van der Waals surface area contributed by atoms with Crippen LogP contribution in [0.4, 0.5) is 10.9 Å². The average molecular weight is 275 g/mol. The summed E-state index contributed by atoms with van der Waals surface area (Å²) in [5.41, 5.74) is 5.87. The maximum Gasteiger partial charge on any atom is 0.204 e. The first-order chi connectivity index (χ1) is 8.97. The second kappa shape index (κ2) is 5.36. The smallest absolute Gasteiger partial charge is 0.204 e. The van der Waals surface area contributed by atoms with Crippen molar-refractivity contribution >= 4 is 28.2 Å². The highest BCUT2D eigenvalue weighted by Gasteiger charge is 2.19. The van der Waals surface area contributed by atoms with Gasteiger partial charge < -0.3 is 5.73 Å². The van der Waals surface area contributed by atoms with E-state index in [1.54, 1.807) is 17.3 Å². The lowest BCUT2D eigenvalue weighted by atomic mass is 10.1. The van der Waals surface area contributed by atoms with Crippen molar-refractivity contribution in [1.29, 1.82) is 0 Å². The van der Waals surface area contributed by atoms with Crippen molar-refractivity contribution < 1.29 is 0 Å². The van der Waals surface area contributed by atoms with E-state index in [9.17, 15) is 0 Å². The zero-order valence-electron chi connectivity index (χ0n) is 11.2. The molecule has 6 heteroatoms. The third-order valence-corrected chi connectivity index (χ3v) is 2.92. The van der Waals surface area contributed by atoms with Gasteiger partial charge in [0.25, 0.3) is 0 Å². The molecule has 0 aliphatic carbocycles. The molecule has 2 heterocycles. The van der Waals surface area contributed by atoms with Crippen molar-refractivity contribution in [3.63, 3.8) is 0 Å². The van der Waals surface area contributed by atoms with Gasteiger partial charge >= 0.3 is 0 Å². The standard InChI is InChI=1S/C13H17N5S/c1-13(2,3)17-11(14)18(12-16-8-9-19-12)10-6-4-5-7-15-10/h4-9H,1-3H3,(H2,14,17). The summed E-state index contributed by atoms with van der Waals surface area (Å²) in [4.78, 5) is 14.9. The summed E-state index contributed by atoms with van der Waals surface area (Å²) in [5.74, 6) is 1.10. The molecule has 2 N–H and O–H groups in total. The predicted octanol–water partition coefficient (Wildman–Crippen LogP) is 2.79. The van der Waals surface area contributed by atoms with Crippen LogP contribution in [0.15, 0.2) is 41.0 Å². The summed E-state index contributed by atoms with van der Waals surface area (Å²) < 4.78 is 0. The van der Waals surface area contributed by atoms with Crippen LogP contribution >= 0.6 is 11.3 Å². The summed E-state index contributed by atoms with van der Waals surface area (Å²) >= 11 is 1.49. The zero-order valence-corrected chi connectivity index (χ0v) is 12.1. The number of nitrogens with zero attached hydrogens (tertiary/aromatic N) is 4. The van der Waals surface area contributed by atoms with Gasteiger partial charge in [-0.1, -0.05) is 6.07 Å². The number of aliphatic imine (C=N–C) groups is 1. The lowest BCUT2D eigenvalue weighted by Crippen LogP contribution is -2.36. The van der Waals surface area contributed by atoms with Crippen LogP contribution in [-0.2, 0) is 0 Å². The van der Waals surface area contributed by atoms with Crippen LogP contribution in [-0.4, -0.2) is 21.5 Å². The summed E-state index contributed by atoms with van der Waals surface area (Å²) in [5, 5.41) is 2.65. The summed E-state index contributed by atoms with van der Waals surface area (Å²) in [6.45, 7) is 5.99. The molecular formula is C13H17N5S. The largest absolute Gasteiger partial charge is 0.369 e. The molecule has 5 nitrogen and oxygen atoms in total. The molecule has 0 radical (unpaired) electrons. The molecule has 2 rings (SSSR count). The molecule has 19 heavy (non-hydrogen) atoms. The molecule has 100 valence electrons. The van der Waals surface area contributed by atoms with E-state index in [1.165, 1.54) is 11.3 Å². The first kappa shape index (κ1) is 13.5. The van der Waals surface area contributed by atoms with Crippen LogP contribution in [0.3, 0.4) is 0 Å². The van der Waals surface area contributed by atoms with Crippen molar-refractivity contribution in [2.75, 3.05) is 4.90 Å². The fourth-order valence-electron chi connectivity index (χ4n) is 1.52. The molecule has 0 aromatic carbocycles. The van der Waals surface area contributed by atoms with Crippen LogP contribution in [0, 0.1) is 0 Å². The van der Waals surface area contributed by atoms with Crippen LogP contribution in [0.2, 0.25) is 0 Å². The fourth-order valence-corrected chi connectivity index (χ4v) is 2.18. The number of pyridine rings is 1. The van der Waals surface area contributed by atoms with Crippen molar-refractivity contribution in [1.82, 2.24) is 9.97 Å². The molecule has 0 saturated heterocycles. The number of hydrogen-bond donors (Lipinski definition) is 1. The normalized spacial score (nSPS) is 12.5. The van der Waals surface area contributed by atoms with Crippen molar-refractivity contribution in [3.05, 3.63) is 36.0 Å². The number of anilines is 2. The summed E-state index contributed by atoms with van der Waals surface area (Å²) in [6, 6.07) is 5.65. The maximum absolute atomic E-state index is 6.13. The molecular weight excluding hydrogens is 258 g/mol. The van der Waals surface area contributed by atoms with E-state index >= 15 is 0 Å². The number of guanidine groups is 1. The minimum Gasteiger partial charge on any atom is -0.369 e. The van der Waals surface area contributed by atoms with Crippen molar-refractivity contribution in [2.45, 2.75) is 26.3 Å². The Morgan fingerprint density at radius 3 is 2.58 bits per heavy atom. The molecule has 2 aromatic rings. The average Bonchev–Trinajstić information content (AvgIpc) is 2.82. The molecule has 0 spiro atoms. The van der Waals surface area contributed by atoms with Crippen LogP contribution < -0.4 is 10.6 Å². The van der Waals surface area contributed by atoms with Gasteiger partial charge in [-0.2, -0.15) is 0 Å². The van der Waals surface area contributed by atoms with E-state index in [0.717, 1.165) is 5.13 Å². The number of thiazole rings is 1. The van der Waals surface area contributed by atoms with Crippen LogP contribution in [0.25, 0.3) is 0 Å². The first-order valence-electron chi connectivity index (χ1n) is 5.93. The van der Waals surface area contributed by atoms with Gasteiger partial charge in [0.2, 0.25) is 5.96 Å². The topological polar surface area (TPSA) is 67.4 Å². The van der Waals surface area contributed by atoms with Gasteiger partial charge in [0.1, 0.15) is 5.82 Å². The highest BCUT2D eigenvalue weighted by Crippen LogP contribution is 2.25. The minimum absolute atomic E-state index is 0.256. The first-order valence-corrected chi connectivity index (χ1v) is 6.81. The van der Waals surface area contributed by atoms with Gasteiger partial charge in [0.15, 0.2) is 5.13 Å². The number of aromatic nitrogens is 2. The molecule has 0 aliphatic heterocycles. The van der Waals surface area contributed by atoms with E-state index < -0.39 is 0 Å². The third kappa shape index (κ3) is 3.51. The van der Waals surface area contributed by atoms with E-state index in [4.69, 9.17) is 5.73 Å². The van der Waals surface area contributed by atoms with Gasteiger partial charge in [0, 0.05) is 17.8 Å². The highest BCUT2D eigenvalue weighted by atomic mass is 32.1. The Labute approximate surface area is 116 Å². The Morgan fingerprint density at radius 2 is 2.05 bits per heavy atom. The number of nitrogens with two attached hydrogens (primary N) is 1. The Hall–Kier alpha value is -1.95. The molecule has 0 aliphatic rings. The van der Waals surface area contributed by atoms with E-state index in [-0.39, 0.29) is 5.54 Å². The molecule has 0 fully saturated rings. The van der Waals surface area contributed by atoms with E-state index in [0.29, 0.717) is 11.8 Å². The lowest BCUT2D eigenvalue weighted by Gasteiger charge is -2.22. The van der Waals surface area contributed by atoms with Gasteiger partial charge in [-0.05, 0) is 32.9 Å². The summed E-state index contributed by atoms with van der Waals surface area (Å²) in [6.07, 6.45) is 3.46. The fraction of sp³-hybridized carbons (Fsp3) is 0.308. The molecule has 0 bridgehead atoms. The minimum atomic E-state index is -0.256. The highest BCUT2D eigenvalue weighted by molar-refractivity contribution is 7.13. The van der Waals surface area contributed by atoms with Crippen LogP contribution in [0.5, 0.6) is 0 Å². The molecule has 0 amide bonds. The number of rotatable bonds is 2. The maximum atomic E-state index is 6.13. The number of hydrogen-bond acceptors (Lipinski definition) is 4. The Kier molecular flexibility index (Phi) is 3.80. The van der Waals surface area contributed by atoms with Crippen molar-refractivity contribution in [2.24, 2.45) is 10.7 Å². The van der Waals surface area contributed by atoms with E-state index in [2.05, 4.69) is 15.0 Å². The predicted molar refractivity (Wildman–Crippen MR) is 79.9 cm³/mol. The quantitative estimate of drug-likeness (QED) is 0.676. The molecule has 0 saturated carbocycles. The van der Waals surface area contributed by atoms with E-state index in [1.807, 2.05) is 44.4 Å². The second-order valence-electron chi connectivity index (χ2n) is 4.98. The second-order valence-corrected chi connectivity index (χ2v) is 5.85. The monoisotopic (exact) mass is 275 g/mol.